The van der Waals surface area contributed by atoms with Crippen LogP contribution in [0.3, 0.4) is 0 Å². The molecule has 3 N–H and O–H groups in total. The highest BCUT2D eigenvalue weighted by atomic mass is 16.5. The van der Waals surface area contributed by atoms with Crippen LogP contribution in [0.25, 0.3) is 0 Å². The third-order valence-corrected chi connectivity index (χ3v) is 1.53. The largest absolute Gasteiger partial charge is 0.448 e. The van der Waals surface area contributed by atoms with Gasteiger partial charge in [0.25, 0.3) is 0 Å². The second-order valence-corrected chi connectivity index (χ2v) is 2.55. The molecule has 0 aliphatic rings. The van der Waals surface area contributed by atoms with Crippen molar-refractivity contribution in [2.75, 3.05) is 13.2 Å². The molecule has 0 aliphatic carbocycles. The molecule has 0 rings (SSSR count). The number of ether oxygens (including phenoxy) is 1. The van der Waals surface area contributed by atoms with Gasteiger partial charge in [-0.25, -0.2) is 4.79 Å². The number of carbonyl (C=O) groups is 2. The maximum atomic E-state index is 11.1. The highest BCUT2D eigenvalue weighted by Gasteiger charge is 2.14. The van der Waals surface area contributed by atoms with Gasteiger partial charge in [0.05, 0.1) is 12.6 Å². The van der Waals surface area contributed by atoms with E-state index in [9.17, 15) is 9.59 Å². The van der Waals surface area contributed by atoms with Crippen molar-refractivity contribution in [3.05, 3.63) is 0 Å². The van der Waals surface area contributed by atoms with Crippen LogP contribution in [-0.2, 0) is 9.53 Å². The summed E-state index contributed by atoms with van der Waals surface area (Å²) in [5, 5.41) is 11.0. The molecular weight excluding hydrogens is 186 g/mol. The minimum atomic E-state index is -0.883. The summed E-state index contributed by atoms with van der Waals surface area (Å²) in [6, 6.07) is 1.86. The van der Waals surface area contributed by atoms with Crippen molar-refractivity contribution in [1.82, 2.24) is 5.32 Å². The van der Waals surface area contributed by atoms with Crippen LogP contribution in [0.1, 0.15) is 13.3 Å². The van der Waals surface area contributed by atoms with Gasteiger partial charge in [-0.3, -0.25) is 4.79 Å². The fourth-order valence-electron chi connectivity index (χ4n) is 0.784. The van der Waals surface area contributed by atoms with Crippen LogP contribution in [0.15, 0.2) is 0 Å². The molecule has 2 amide bonds. The minimum absolute atomic E-state index is 0.0168. The zero-order valence-corrected chi connectivity index (χ0v) is 7.95. The molecule has 0 fully saturated rings. The normalized spacial score (nSPS) is 11.1. The fourth-order valence-corrected chi connectivity index (χ4v) is 0.784. The van der Waals surface area contributed by atoms with E-state index in [4.69, 9.17) is 11.0 Å². The lowest BCUT2D eigenvalue weighted by Crippen LogP contribution is -2.33. The molecule has 0 saturated heterocycles. The number of hydrogen-bond acceptors (Lipinski definition) is 4. The number of nitrogens with one attached hydrogen (secondary N) is 1. The van der Waals surface area contributed by atoms with Gasteiger partial charge in [-0.1, -0.05) is 6.92 Å². The highest BCUT2D eigenvalue weighted by Crippen LogP contribution is 1.99. The molecule has 6 nitrogen and oxygen atoms in total. The van der Waals surface area contributed by atoms with E-state index in [1.165, 1.54) is 0 Å². The third kappa shape index (κ3) is 4.98. The Labute approximate surface area is 82.0 Å². The summed E-state index contributed by atoms with van der Waals surface area (Å²) in [6.07, 6.45) is -0.425. The van der Waals surface area contributed by atoms with E-state index >= 15 is 0 Å². The Balaban J connectivity index is 3.64. The maximum absolute atomic E-state index is 11.1. The Hall–Kier alpha value is -1.77. The van der Waals surface area contributed by atoms with E-state index in [0.29, 0.717) is 6.42 Å². The van der Waals surface area contributed by atoms with Crippen LogP contribution < -0.4 is 11.1 Å². The van der Waals surface area contributed by atoms with E-state index in [1.54, 1.807) is 6.92 Å². The Morgan fingerprint density at radius 1 is 1.64 bits per heavy atom. The molecule has 0 radical (unpaired) electrons. The molecule has 0 aromatic rings. The average molecular weight is 199 g/mol. The number of nitriles is 1. The Morgan fingerprint density at radius 3 is 2.71 bits per heavy atom. The Bertz CT molecular complexity index is 247. The van der Waals surface area contributed by atoms with Gasteiger partial charge in [0, 0.05) is 0 Å². The topological polar surface area (TPSA) is 105 Å². The first-order valence-corrected chi connectivity index (χ1v) is 4.21. The number of rotatable bonds is 5. The predicted octanol–water partition coefficient (Wildman–Crippen LogP) is -0.252. The molecular formula is C8H13N3O3. The van der Waals surface area contributed by atoms with Crippen molar-refractivity contribution in [2.24, 2.45) is 11.7 Å². The molecule has 78 valence electrons. The molecule has 0 aromatic carbocycles. The number of nitrogens with zero attached hydrogens (tertiary/aromatic N) is 1. The van der Waals surface area contributed by atoms with Crippen LogP contribution in [0.2, 0.25) is 0 Å². The number of nitrogens with two attached hydrogens (primary N) is 1. The van der Waals surface area contributed by atoms with E-state index in [2.05, 4.69) is 10.1 Å². The van der Waals surface area contributed by atoms with E-state index in [-0.39, 0.29) is 19.1 Å². The van der Waals surface area contributed by atoms with Crippen molar-refractivity contribution in [2.45, 2.75) is 13.3 Å². The SMILES string of the molecule is CCC(C#N)C(=O)NCCOC(N)=O. The van der Waals surface area contributed by atoms with Crippen molar-refractivity contribution < 1.29 is 14.3 Å². The summed E-state index contributed by atoms with van der Waals surface area (Å²) >= 11 is 0. The number of carbonyl (C=O) groups excluding carboxylic acids is 2. The van der Waals surface area contributed by atoms with Crippen molar-refractivity contribution in [1.29, 1.82) is 5.26 Å². The lowest BCUT2D eigenvalue weighted by atomic mass is 10.1. The summed E-state index contributed by atoms with van der Waals surface area (Å²) in [5.41, 5.74) is 4.70. The van der Waals surface area contributed by atoms with Crippen LogP contribution in [0.5, 0.6) is 0 Å². The molecule has 0 aliphatic heterocycles. The summed E-state index contributed by atoms with van der Waals surface area (Å²) in [7, 11) is 0. The minimum Gasteiger partial charge on any atom is -0.448 e. The highest BCUT2D eigenvalue weighted by molar-refractivity contribution is 5.80. The third-order valence-electron chi connectivity index (χ3n) is 1.53. The molecule has 0 bridgehead atoms. The lowest BCUT2D eigenvalue weighted by molar-refractivity contribution is -0.123. The predicted molar refractivity (Wildman–Crippen MR) is 47.9 cm³/mol. The van der Waals surface area contributed by atoms with E-state index in [1.807, 2.05) is 6.07 Å². The summed E-state index contributed by atoms with van der Waals surface area (Å²) in [5.74, 6) is -1.01. The maximum Gasteiger partial charge on any atom is 0.404 e. The van der Waals surface area contributed by atoms with Gasteiger partial charge in [0.2, 0.25) is 5.91 Å². The fraction of sp³-hybridized carbons (Fsp3) is 0.625. The monoisotopic (exact) mass is 199 g/mol. The van der Waals surface area contributed by atoms with Gasteiger partial charge in [-0.15, -0.1) is 0 Å². The van der Waals surface area contributed by atoms with Gasteiger partial charge in [0.1, 0.15) is 12.5 Å². The summed E-state index contributed by atoms with van der Waals surface area (Å²) in [4.78, 5) is 21.3. The van der Waals surface area contributed by atoms with Gasteiger partial charge < -0.3 is 15.8 Å². The average Bonchev–Trinajstić information content (AvgIpc) is 2.14. The second kappa shape index (κ2) is 6.71. The Kier molecular flexibility index (Phi) is 5.87. The first-order valence-electron chi connectivity index (χ1n) is 4.21. The molecule has 6 heteroatoms. The standard InChI is InChI=1S/C8H13N3O3/c1-2-6(5-9)7(12)11-3-4-14-8(10)13/h6H,2-4H2,1H3,(H2,10,13)(H,11,12). The summed E-state index contributed by atoms with van der Waals surface area (Å²) in [6.45, 7) is 1.93. The van der Waals surface area contributed by atoms with Crippen molar-refractivity contribution in [3.63, 3.8) is 0 Å². The van der Waals surface area contributed by atoms with E-state index in [0.717, 1.165) is 0 Å². The smallest absolute Gasteiger partial charge is 0.404 e. The lowest BCUT2D eigenvalue weighted by Gasteiger charge is -2.07. The zero-order valence-electron chi connectivity index (χ0n) is 7.95. The molecule has 1 atom stereocenters. The molecule has 0 aromatic heterocycles. The summed E-state index contributed by atoms with van der Waals surface area (Å²) < 4.78 is 4.38. The number of primary amides is 1. The van der Waals surface area contributed by atoms with Crippen molar-refractivity contribution in [3.8, 4) is 6.07 Å². The van der Waals surface area contributed by atoms with Crippen LogP contribution in [-0.4, -0.2) is 25.2 Å². The molecule has 0 heterocycles. The molecule has 14 heavy (non-hydrogen) atoms. The van der Waals surface area contributed by atoms with Crippen LogP contribution in [0.4, 0.5) is 4.79 Å². The first-order chi connectivity index (χ1) is 6.61. The van der Waals surface area contributed by atoms with Crippen molar-refractivity contribution >= 4 is 12.0 Å². The van der Waals surface area contributed by atoms with Crippen LogP contribution >= 0.6 is 0 Å². The number of hydrogen-bond donors (Lipinski definition) is 2. The van der Waals surface area contributed by atoms with Gasteiger partial charge in [0.15, 0.2) is 0 Å². The zero-order chi connectivity index (χ0) is 11.0. The number of amides is 2. The first kappa shape index (κ1) is 12.2. The van der Waals surface area contributed by atoms with Crippen LogP contribution in [0, 0.1) is 17.2 Å². The molecule has 0 spiro atoms. The van der Waals surface area contributed by atoms with Gasteiger partial charge in [-0.2, -0.15) is 5.26 Å². The second-order valence-electron chi connectivity index (χ2n) is 2.55. The van der Waals surface area contributed by atoms with Gasteiger partial charge in [-0.05, 0) is 6.42 Å². The Morgan fingerprint density at radius 2 is 2.29 bits per heavy atom. The molecule has 0 saturated carbocycles. The quantitative estimate of drug-likeness (QED) is 0.595. The molecule has 1 unspecified atom stereocenters. The van der Waals surface area contributed by atoms with Gasteiger partial charge >= 0.3 is 6.09 Å². The van der Waals surface area contributed by atoms with E-state index < -0.39 is 12.0 Å².